The molecule has 5 nitrogen and oxygen atoms in total. The van der Waals surface area contributed by atoms with Gasteiger partial charge < -0.3 is 5.32 Å². The standard InChI is InChI=1S/C17H23F3N4OS/c18-17(19,20)14-13(11-4-2-1-3-5-11)26-16(22-14)24-9-8-23-7-6-21-10-12(23)15(24)25/h11-12,21H,1-10H2/t12-/m1/s1. The van der Waals surface area contributed by atoms with Gasteiger partial charge in [-0.05, 0) is 18.8 Å². The molecule has 0 unspecified atom stereocenters. The van der Waals surface area contributed by atoms with Crippen molar-refractivity contribution in [2.24, 2.45) is 0 Å². The van der Waals surface area contributed by atoms with Crippen LogP contribution in [0.25, 0.3) is 0 Å². The first-order valence-electron chi connectivity index (χ1n) is 9.29. The van der Waals surface area contributed by atoms with Crippen molar-refractivity contribution in [2.75, 3.05) is 37.6 Å². The van der Waals surface area contributed by atoms with E-state index in [4.69, 9.17) is 0 Å². The van der Waals surface area contributed by atoms with Gasteiger partial charge in [0.25, 0.3) is 0 Å². The molecule has 0 bridgehead atoms. The number of nitrogens with zero attached hydrogens (tertiary/aromatic N) is 3. The second kappa shape index (κ2) is 7.09. The number of hydrogen-bond acceptors (Lipinski definition) is 5. The number of carbonyl (C=O) groups is 1. The fraction of sp³-hybridized carbons (Fsp3) is 0.765. The number of alkyl halides is 3. The van der Waals surface area contributed by atoms with Crippen LogP contribution in [-0.2, 0) is 11.0 Å². The van der Waals surface area contributed by atoms with E-state index >= 15 is 0 Å². The number of anilines is 1. The average molecular weight is 388 g/mol. The number of hydrogen-bond donors (Lipinski definition) is 1. The quantitative estimate of drug-likeness (QED) is 0.847. The zero-order valence-electron chi connectivity index (χ0n) is 14.5. The number of aromatic nitrogens is 1. The third-order valence-electron chi connectivity index (χ3n) is 5.63. The van der Waals surface area contributed by atoms with Crippen molar-refractivity contribution in [1.82, 2.24) is 15.2 Å². The van der Waals surface area contributed by atoms with Crippen LogP contribution >= 0.6 is 11.3 Å². The Morgan fingerprint density at radius 3 is 2.62 bits per heavy atom. The monoisotopic (exact) mass is 388 g/mol. The predicted octanol–water partition coefficient (Wildman–Crippen LogP) is 2.83. The Balaban J connectivity index is 1.64. The van der Waals surface area contributed by atoms with Gasteiger partial charge in [0.1, 0.15) is 6.04 Å². The summed E-state index contributed by atoms with van der Waals surface area (Å²) in [6.45, 7) is 3.26. The zero-order valence-corrected chi connectivity index (χ0v) is 15.3. The van der Waals surface area contributed by atoms with Crippen molar-refractivity contribution in [1.29, 1.82) is 0 Å². The van der Waals surface area contributed by atoms with Crippen LogP contribution < -0.4 is 10.2 Å². The number of piperazine rings is 2. The SMILES string of the molecule is O=C1[C@H]2CNCCN2CCN1c1nc(C(F)(F)F)c(C2CCCCC2)s1. The van der Waals surface area contributed by atoms with Crippen LogP contribution in [0.3, 0.4) is 0 Å². The average Bonchev–Trinajstić information content (AvgIpc) is 3.09. The van der Waals surface area contributed by atoms with Crippen molar-refractivity contribution in [3.8, 4) is 0 Å². The number of rotatable bonds is 2. The smallest absolute Gasteiger partial charge is 0.313 e. The normalized spacial score (nSPS) is 26.2. The van der Waals surface area contributed by atoms with Gasteiger partial charge >= 0.3 is 6.18 Å². The van der Waals surface area contributed by atoms with E-state index in [0.717, 1.165) is 56.5 Å². The predicted molar refractivity (Wildman–Crippen MR) is 93.5 cm³/mol. The minimum absolute atomic E-state index is 0.0839. The lowest BCUT2D eigenvalue weighted by Gasteiger charge is -2.42. The van der Waals surface area contributed by atoms with Crippen LogP contribution in [0, 0.1) is 0 Å². The minimum atomic E-state index is -4.47. The van der Waals surface area contributed by atoms with Gasteiger partial charge in [-0.15, -0.1) is 11.3 Å². The summed E-state index contributed by atoms with van der Waals surface area (Å²) in [6.07, 6.45) is 0.0798. The summed E-state index contributed by atoms with van der Waals surface area (Å²) in [4.78, 5) is 20.7. The molecule has 4 rings (SSSR count). The van der Waals surface area contributed by atoms with Crippen LogP contribution in [0.15, 0.2) is 0 Å². The summed E-state index contributed by atoms with van der Waals surface area (Å²) in [5, 5.41) is 3.41. The molecule has 2 aliphatic heterocycles. The maximum atomic E-state index is 13.6. The molecule has 3 heterocycles. The highest BCUT2D eigenvalue weighted by Gasteiger charge is 2.43. The van der Waals surface area contributed by atoms with E-state index in [1.807, 2.05) is 0 Å². The first kappa shape index (κ1) is 18.2. The van der Waals surface area contributed by atoms with E-state index < -0.39 is 11.9 Å². The Labute approximate surface area is 154 Å². The van der Waals surface area contributed by atoms with Crippen LogP contribution in [0.2, 0.25) is 0 Å². The molecule has 1 aromatic rings. The van der Waals surface area contributed by atoms with Crippen molar-refractivity contribution >= 4 is 22.4 Å². The Morgan fingerprint density at radius 1 is 1.12 bits per heavy atom. The molecule has 0 spiro atoms. The van der Waals surface area contributed by atoms with E-state index in [2.05, 4.69) is 15.2 Å². The summed E-state index contributed by atoms with van der Waals surface area (Å²) in [6, 6.07) is -0.297. The van der Waals surface area contributed by atoms with Crippen LogP contribution in [0.4, 0.5) is 18.3 Å². The first-order valence-corrected chi connectivity index (χ1v) is 10.1. The van der Waals surface area contributed by atoms with Gasteiger partial charge in [0, 0.05) is 37.6 Å². The topological polar surface area (TPSA) is 48.5 Å². The van der Waals surface area contributed by atoms with Crippen LogP contribution in [-0.4, -0.2) is 54.6 Å². The largest absolute Gasteiger partial charge is 0.434 e. The van der Waals surface area contributed by atoms with Gasteiger partial charge in [-0.25, -0.2) is 4.98 Å². The van der Waals surface area contributed by atoms with Crippen molar-refractivity contribution < 1.29 is 18.0 Å². The summed E-state index contributed by atoms with van der Waals surface area (Å²) >= 11 is 1.08. The van der Waals surface area contributed by atoms with Crippen LogP contribution in [0.1, 0.15) is 48.6 Å². The molecular formula is C17H23F3N4OS. The molecule has 1 atom stereocenters. The van der Waals surface area contributed by atoms with E-state index in [0.29, 0.717) is 24.5 Å². The van der Waals surface area contributed by atoms with Gasteiger partial charge in [-0.3, -0.25) is 14.6 Å². The third-order valence-corrected chi connectivity index (χ3v) is 6.87. The summed E-state index contributed by atoms with van der Waals surface area (Å²) in [5.74, 6) is -0.222. The Bertz CT molecular complexity index is 671. The highest BCUT2D eigenvalue weighted by atomic mass is 32.1. The number of amides is 1. The van der Waals surface area contributed by atoms with Gasteiger partial charge in [0.2, 0.25) is 5.91 Å². The Morgan fingerprint density at radius 2 is 1.88 bits per heavy atom. The minimum Gasteiger partial charge on any atom is -0.313 e. The molecule has 1 saturated carbocycles. The van der Waals surface area contributed by atoms with E-state index in [9.17, 15) is 18.0 Å². The first-order chi connectivity index (χ1) is 12.4. The molecule has 3 fully saturated rings. The number of carbonyl (C=O) groups excluding carboxylic acids is 1. The maximum absolute atomic E-state index is 13.6. The highest BCUT2D eigenvalue weighted by molar-refractivity contribution is 7.16. The lowest BCUT2D eigenvalue weighted by molar-refractivity contribution is -0.141. The molecular weight excluding hydrogens is 365 g/mol. The molecule has 1 N–H and O–H groups in total. The highest BCUT2D eigenvalue weighted by Crippen LogP contribution is 2.45. The fourth-order valence-electron chi connectivity index (χ4n) is 4.25. The number of halogens is 3. The molecule has 26 heavy (non-hydrogen) atoms. The summed E-state index contributed by atoms with van der Waals surface area (Å²) in [7, 11) is 0. The number of fused-ring (bicyclic) bond motifs is 1. The summed E-state index contributed by atoms with van der Waals surface area (Å²) in [5.41, 5.74) is -0.776. The molecule has 9 heteroatoms. The maximum Gasteiger partial charge on any atom is 0.434 e. The molecule has 0 aromatic carbocycles. The third kappa shape index (κ3) is 3.36. The van der Waals surface area contributed by atoms with Crippen molar-refractivity contribution in [3.05, 3.63) is 10.6 Å². The van der Waals surface area contributed by atoms with E-state index in [1.165, 1.54) is 4.90 Å². The summed E-state index contributed by atoms with van der Waals surface area (Å²) < 4.78 is 40.7. The second-order valence-electron chi connectivity index (χ2n) is 7.29. The second-order valence-corrected chi connectivity index (χ2v) is 8.30. The molecule has 2 saturated heterocycles. The lowest BCUT2D eigenvalue weighted by atomic mass is 9.87. The molecule has 1 amide bonds. The van der Waals surface area contributed by atoms with Crippen molar-refractivity contribution in [3.63, 3.8) is 0 Å². The van der Waals surface area contributed by atoms with Gasteiger partial charge in [0.05, 0.1) is 0 Å². The molecule has 0 radical (unpaired) electrons. The molecule has 1 aromatic heterocycles. The Hall–Kier alpha value is -1.19. The molecule has 1 aliphatic carbocycles. The van der Waals surface area contributed by atoms with Gasteiger partial charge in [-0.1, -0.05) is 19.3 Å². The number of nitrogens with one attached hydrogen (secondary N) is 1. The van der Waals surface area contributed by atoms with E-state index in [-0.39, 0.29) is 23.0 Å². The van der Waals surface area contributed by atoms with Gasteiger partial charge in [-0.2, -0.15) is 13.2 Å². The molecule has 144 valence electrons. The van der Waals surface area contributed by atoms with E-state index in [1.54, 1.807) is 0 Å². The fourth-order valence-corrected chi connectivity index (χ4v) is 5.53. The van der Waals surface area contributed by atoms with Crippen molar-refractivity contribution in [2.45, 2.75) is 50.2 Å². The lowest BCUT2D eigenvalue weighted by Crippen LogP contribution is -2.64. The van der Waals surface area contributed by atoms with Gasteiger partial charge in [0.15, 0.2) is 10.8 Å². The molecule has 3 aliphatic rings. The zero-order chi connectivity index (χ0) is 18.3. The van der Waals surface area contributed by atoms with Crippen LogP contribution in [0.5, 0.6) is 0 Å². The number of thiazole rings is 1. The Kier molecular flexibility index (Phi) is 4.96.